The molecule has 12 nitrogen and oxygen atoms in total. The molecule has 0 amide bonds. The first kappa shape index (κ1) is 57.7. The molecule has 4 atom stereocenters. The maximum Gasteiger partial charge on any atom is 0.306 e. The van der Waals surface area contributed by atoms with Crippen molar-refractivity contribution in [2.75, 3.05) is 46.2 Å². The summed E-state index contributed by atoms with van der Waals surface area (Å²) in [6.45, 7) is 10.0. The van der Waals surface area contributed by atoms with Crippen molar-refractivity contribution < 1.29 is 57.4 Å². The summed E-state index contributed by atoms with van der Waals surface area (Å²) in [6, 6.07) is 0. The Morgan fingerprint density at radius 3 is 0.917 bits per heavy atom. The van der Waals surface area contributed by atoms with E-state index in [0.29, 0.717) is 6.42 Å². The molecule has 0 aromatic rings. The maximum absolute atomic E-state index is 12.9. The molecule has 0 aliphatic carbocycles. The summed E-state index contributed by atoms with van der Waals surface area (Å²) in [7, 11) is 0. The first-order valence-corrected chi connectivity index (χ1v) is 24.3. The normalized spacial score (nSPS) is 13.4. The van der Waals surface area contributed by atoms with Gasteiger partial charge in [0.25, 0.3) is 0 Å². The molecule has 0 heterocycles. The van der Waals surface area contributed by atoms with Gasteiger partial charge in [0.1, 0.15) is 24.4 Å². The van der Waals surface area contributed by atoms with Gasteiger partial charge >= 0.3 is 23.9 Å². The number of esters is 4. The van der Waals surface area contributed by atoms with E-state index in [-0.39, 0.29) is 82.8 Å². The van der Waals surface area contributed by atoms with Gasteiger partial charge in [0.05, 0.1) is 46.2 Å². The van der Waals surface area contributed by atoms with Gasteiger partial charge in [0.2, 0.25) is 0 Å². The Labute approximate surface area is 365 Å². The lowest BCUT2D eigenvalue weighted by atomic mass is 10.1. The number of hydrogen-bond acceptors (Lipinski definition) is 12. The van der Waals surface area contributed by atoms with Gasteiger partial charge in [-0.05, 0) is 32.6 Å². The van der Waals surface area contributed by atoms with Crippen molar-refractivity contribution in [2.24, 2.45) is 0 Å². The maximum atomic E-state index is 12.9. The van der Waals surface area contributed by atoms with E-state index < -0.39 is 31.0 Å². The highest BCUT2D eigenvalue weighted by atomic mass is 16.6. The zero-order chi connectivity index (χ0) is 44.3. The Hall–Kier alpha value is -2.28. The number of aliphatic hydroxyl groups excluding tert-OH is 1. The molecule has 0 aromatic heterocycles. The van der Waals surface area contributed by atoms with Gasteiger partial charge in [-0.25, -0.2) is 0 Å². The average Bonchev–Trinajstić information content (AvgIpc) is 3.22. The molecule has 0 bridgehead atoms. The second-order valence-electron chi connectivity index (χ2n) is 16.5. The van der Waals surface area contributed by atoms with Crippen molar-refractivity contribution in [3.63, 3.8) is 0 Å². The van der Waals surface area contributed by atoms with Crippen LogP contribution in [0.3, 0.4) is 0 Å². The van der Waals surface area contributed by atoms with Gasteiger partial charge in [0, 0.05) is 25.7 Å². The first-order valence-electron chi connectivity index (χ1n) is 24.3. The zero-order valence-corrected chi connectivity index (χ0v) is 39.0. The standard InChI is InChI=1S/C48H90O12/c1-6-10-14-18-22-26-30-45(50)57-41(5)35-54-37-43(59-47(52)32-28-24-20-16-12-8-3)39-56-40-44(60-48(53)33-29-25-21-17-13-9-4)38-55-36-42(34-49)58-46(51)31-27-23-19-15-11-7-2/h41-44,49H,6-40H2,1-5H3. The number of rotatable bonds is 45. The van der Waals surface area contributed by atoms with Gasteiger partial charge in [-0.15, -0.1) is 0 Å². The highest BCUT2D eigenvalue weighted by molar-refractivity contribution is 5.70. The minimum atomic E-state index is -0.845. The van der Waals surface area contributed by atoms with E-state index in [1.807, 2.05) is 0 Å². The van der Waals surface area contributed by atoms with Crippen LogP contribution in [-0.4, -0.2) is 99.6 Å². The number of carbonyl (C=O) groups is 4. The van der Waals surface area contributed by atoms with Crippen LogP contribution in [-0.2, 0) is 52.3 Å². The summed E-state index contributed by atoms with van der Waals surface area (Å²) in [5.74, 6) is -1.33. The van der Waals surface area contributed by atoms with Crippen LogP contribution in [0.4, 0.5) is 0 Å². The summed E-state index contributed by atoms with van der Waals surface area (Å²) in [5, 5.41) is 9.88. The van der Waals surface area contributed by atoms with E-state index in [0.717, 1.165) is 116 Å². The van der Waals surface area contributed by atoms with E-state index in [9.17, 15) is 24.3 Å². The molecule has 0 aliphatic heterocycles. The van der Waals surface area contributed by atoms with Crippen molar-refractivity contribution in [3.05, 3.63) is 0 Å². The van der Waals surface area contributed by atoms with Crippen molar-refractivity contribution >= 4 is 23.9 Å². The quantitative estimate of drug-likeness (QED) is 0.0352. The SMILES string of the molecule is CCCCCCCCC(=O)OC(C)COCC(COCC(COCC(CO)OC(=O)CCCCCCCC)OC(=O)CCCCCCCC)OC(=O)CCCCCCCC. The van der Waals surface area contributed by atoms with E-state index in [2.05, 4.69) is 27.7 Å². The van der Waals surface area contributed by atoms with E-state index in [1.54, 1.807) is 6.92 Å². The van der Waals surface area contributed by atoms with Gasteiger partial charge in [-0.2, -0.15) is 0 Å². The molecule has 0 aliphatic rings. The zero-order valence-electron chi connectivity index (χ0n) is 39.0. The number of carbonyl (C=O) groups excluding carboxylic acids is 4. The van der Waals surface area contributed by atoms with Gasteiger partial charge in [-0.1, -0.05) is 156 Å². The molecular weight excluding hydrogens is 769 g/mol. The molecule has 0 fully saturated rings. The topological polar surface area (TPSA) is 153 Å². The molecule has 4 unspecified atom stereocenters. The molecule has 0 rings (SSSR count). The van der Waals surface area contributed by atoms with Crippen molar-refractivity contribution in [3.8, 4) is 0 Å². The number of hydrogen-bond donors (Lipinski definition) is 1. The van der Waals surface area contributed by atoms with Crippen LogP contribution in [0.15, 0.2) is 0 Å². The van der Waals surface area contributed by atoms with Gasteiger partial charge in [-0.3, -0.25) is 19.2 Å². The third kappa shape index (κ3) is 38.6. The van der Waals surface area contributed by atoms with Crippen LogP contribution < -0.4 is 0 Å². The molecule has 60 heavy (non-hydrogen) atoms. The molecule has 0 saturated carbocycles. The molecular formula is C48H90O12. The summed E-state index contributed by atoms with van der Waals surface area (Å²) in [6.07, 6.45) is 23.6. The summed E-state index contributed by atoms with van der Waals surface area (Å²) >= 11 is 0. The predicted octanol–water partition coefficient (Wildman–Crippen LogP) is 10.7. The van der Waals surface area contributed by atoms with E-state index >= 15 is 0 Å². The van der Waals surface area contributed by atoms with Crippen LogP contribution in [0.1, 0.15) is 214 Å². The minimum Gasteiger partial charge on any atom is -0.460 e. The fourth-order valence-corrected chi connectivity index (χ4v) is 6.63. The number of unbranched alkanes of at least 4 members (excludes halogenated alkanes) is 20. The fraction of sp³-hybridized carbons (Fsp3) is 0.917. The number of ether oxygens (including phenoxy) is 7. The second kappa shape index (κ2) is 43.4. The van der Waals surface area contributed by atoms with Crippen LogP contribution >= 0.6 is 0 Å². The molecule has 12 heteroatoms. The highest BCUT2D eigenvalue weighted by Crippen LogP contribution is 2.13. The van der Waals surface area contributed by atoms with Gasteiger partial charge in [0.15, 0.2) is 0 Å². The minimum absolute atomic E-state index is 0.0186. The third-order valence-corrected chi connectivity index (χ3v) is 10.2. The smallest absolute Gasteiger partial charge is 0.306 e. The summed E-state index contributed by atoms with van der Waals surface area (Å²) in [4.78, 5) is 50.5. The Balaban J connectivity index is 5.30. The summed E-state index contributed by atoms with van der Waals surface area (Å²) < 4.78 is 40.3. The first-order chi connectivity index (χ1) is 29.2. The molecule has 0 saturated heterocycles. The predicted molar refractivity (Wildman–Crippen MR) is 237 cm³/mol. The van der Waals surface area contributed by atoms with Crippen LogP contribution in [0.5, 0.6) is 0 Å². The van der Waals surface area contributed by atoms with E-state index in [4.69, 9.17) is 33.2 Å². The van der Waals surface area contributed by atoms with Crippen LogP contribution in [0.2, 0.25) is 0 Å². The average molecular weight is 859 g/mol. The molecule has 354 valence electrons. The monoisotopic (exact) mass is 859 g/mol. The molecule has 0 aromatic carbocycles. The molecule has 0 radical (unpaired) electrons. The summed E-state index contributed by atoms with van der Waals surface area (Å²) in [5.41, 5.74) is 0. The number of aliphatic hydroxyl groups is 1. The van der Waals surface area contributed by atoms with Crippen molar-refractivity contribution in [1.82, 2.24) is 0 Å². The third-order valence-electron chi connectivity index (χ3n) is 10.2. The second-order valence-corrected chi connectivity index (χ2v) is 16.5. The Kier molecular flexibility index (Phi) is 41.7. The molecule has 1 N–H and O–H groups in total. The van der Waals surface area contributed by atoms with E-state index in [1.165, 1.54) is 38.5 Å². The van der Waals surface area contributed by atoms with Crippen molar-refractivity contribution in [1.29, 1.82) is 0 Å². The Bertz CT molecular complexity index is 1010. The van der Waals surface area contributed by atoms with Crippen LogP contribution in [0, 0.1) is 0 Å². The fourth-order valence-electron chi connectivity index (χ4n) is 6.63. The van der Waals surface area contributed by atoms with Gasteiger partial charge < -0.3 is 38.3 Å². The Morgan fingerprint density at radius 1 is 0.350 bits per heavy atom. The van der Waals surface area contributed by atoms with Crippen molar-refractivity contribution in [2.45, 2.75) is 239 Å². The lowest BCUT2D eigenvalue weighted by Gasteiger charge is -2.23. The largest absolute Gasteiger partial charge is 0.460 e. The lowest BCUT2D eigenvalue weighted by Crippen LogP contribution is -2.35. The lowest BCUT2D eigenvalue weighted by molar-refractivity contribution is -0.164. The highest BCUT2D eigenvalue weighted by Gasteiger charge is 2.22. The van der Waals surface area contributed by atoms with Crippen LogP contribution in [0.25, 0.3) is 0 Å². The molecule has 0 spiro atoms. The Morgan fingerprint density at radius 2 is 0.600 bits per heavy atom.